The van der Waals surface area contributed by atoms with Gasteiger partial charge >= 0.3 is 0 Å². The third-order valence-corrected chi connectivity index (χ3v) is 10.9. The third kappa shape index (κ3) is 8.76. The summed E-state index contributed by atoms with van der Waals surface area (Å²) in [5.74, 6) is 1.68. The van der Waals surface area contributed by atoms with Crippen molar-refractivity contribution < 1.29 is 34.7 Å². The minimum absolute atomic E-state index is 0.000447. The SMILES string of the molecule is CNCc1cc(O)cc([C@@H](NC)O[C@H]2CC[C@H](O)CSSCc3c(ccc4ccc(O)cc34)-c3c(ccc(O)c3OC)CCC(=O)C2)c1. The van der Waals surface area contributed by atoms with Gasteiger partial charge in [0.1, 0.15) is 23.5 Å². The van der Waals surface area contributed by atoms with E-state index in [0.717, 1.165) is 38.6 Å². The lowest BCUT2D eigenvalue weighted by Gasteiger charge is -2.26. The van der Waals surface area contributed by atoms with Gasteiger partial charge in [-0.15, -0.1) is 0 Å². The lowest BCUT2D eigenvalue weighted by Crippen LogP contribution is -2.29. The Bertz CT molecular complexity index is 1730. The van der Waals surface area contributed by atoms with Crippen LogP contribution in [0.15, 0.2) is 60.7 Å². The second-order valence-corrected chi connectivity index (χ2v) is 14.6. The molecule has 0 amide bonds. The zero-order valence-corrected chi connectivity index (χ0v) is 29.1. The number of fused-ring (bicyclic) bond motifs is 5. The predicted molar refractivity (Wildman–Crippen MR) is 194 cm³/mol. The molecule has 0 saturated heterocycles. The molecule has 0 fully saturated rings. The summed E-state index contributed by atoms with van der Waals surface area (Å²) in [5, 5.41) is 50.7. The Labute approximate surface area is 289 Å². The van der Waals surface area contributed by atoms with Crippen molar-refractivity contribution in [3.63, 3.8) is 0 Å². The van der Waals surface area contributed by atoms with Gasteiger partial charge in [0.2, 0.25) is 0 Å². The van der Waals surface area contributed by atoms with E-state index in [4.69, 9.17) is 9.47 Å². The molecule has 1 aliphatic rings. The van der Waals surface area contributed by atoms with Gasteiger partial charge in [0.25, 0.3) is 0 Å². The number of aryl methyl sites for hydroxylation is 1. The molecule has 0 spiro atoms. The van der Waals surface area contributed by atoms with E-state index in [-0.39, 0.29) is 35.9 Å². The van der Waals surface area contributed by atoms with Crippen molar-refractivity contribution in [1.82, 2.24) is 10.6 Å². The fourth-order valence-corrected chi connectivity index (χ4v) is 8.58. The van der Waals surface area contributed by atoms with Gasteiger partial charge in [0.05, 0.1) is 19.3 Å². The van der Waals surface area contributed by atoms with E-state index in [1.54, 1.807) is 59.0 Å². The highest BCUT2D eigenvalue weighted by molar-refractivity contribution is 8.76. The molecule has 9 nitrogen and oxygen atoms in total. The van der Waals surface area contributed by atoms with Gasteiger partial charge in [-0.05, 0) is 102 Å². The van der Waals surface area contributed by atoms with Crippen molar-refractivity contribution in [2.45, 2.75) is 62.8 Å². The number of ether oxygens (including phenoxy) is 2. The first-order valence-electron chi connectivity index (χ1n) is 16.1. The van der Waals surface area contributed by atoms with Gasteiger partial charge in [-0.1, -0.05) is 51.9 Å². The van der Waals surface area contributed by atoms with Crippen LogP contribution >= 0.6 is 21.6 Å². The molecular weight excluding hydrogens is 649 g/mol. The molecule has 5 rings (SSSR count). The number of rotatable bonds is 7. The molecule has 11 heteroatoms. The summed E-state index contributed by atoms with van der Waals surface area (Å²) >= 11 is 0. The Kier molecular flexibility index (Phi) is 12.5. The zero-order chi connectivity index (χ0) is 34.2. The first-order chi connectivity index (χ1) is 23.2. The largest absolute Gasteiger partial charge is 0.508 e. The minimum atomic E-state index is -0.610. The van der Waals surface area contributed by atoms with Crippen LogP contribution in [0.25, 0.3) is 21.9 Å². The molecule has 0 radical (unpaired) electrons. The Morgan fingerprint density at radius 1 is 0.938 bits per heavy atom. The van der Waals surface area contributed by atoms with Crippen molar-refractivity contribution in [2.75, 3.05) is 27.0 Å². The molecule has 4 aromatic carbocycles. The van der Waals surface area contributed by atoms with E-state index in [1.165, 1.54) is 7.11 Å². The number of carbonyl (C=O) groups is 1. The summed E-state index contributed by atoms with van der Waals surface area (Å²) in [4.78, 5) is 13.6. The minimum Gasteiger partial charge on any atom is -0.508 e. The second-order valence-electron chi connectivity index (χ2n) is 12.1. The van der Waals surface area contributed by atoms with Crippen LogP contribution in [0.4, 0.5) is 0 Å². The van der Waals surface area contributed by atoms with Gasteiger partial charge in [-0.25, -0.2) is 0 Å². The highest BCUT2D eigenvalue weighted by Gasteiger charge is 2.25. The van der Waals surface area contributed by atoms with E-state index >= 15 is 0 Å². The maximum Gasteiger partial charge on any atom is 0.168 e. The van der Waals surface area contributed by atoms with Crippen LogP contribution in [0.5, 0.6) is 23.0 Å². The van der Waals surface area contributed by atoms with Crippen LogP contribution in [0, 0.1) is 0 Å². The second kappa shape index (κ2) is 16.8. The number of phenolic OH excluding ortho intramolecular Hbond substituents is 3. The van der Waals surface area contributed by atoms with Gasteiger partial charge < -0.3 is 35.2 Å². The lowest BCUT2D eigenvalue weighted by molar-refractivity contribution is -0.124. The van der Waals surface area contributed by atoms with Crippen molar-refractivity contribution >= 4 is 38.1 Å². The normalized spacial score (nSPS) is 18.6. The number of methoxy groups -OCH3 is 1. The first-order valence-corrected chi connectivity index (χ1v) is 18.6. The van der Waals surface area contributed by atoms with Crippen LogP contribution in [0.1, 0.15) is 54.2 Å². The number of phenols is 3. The van der Waals surface area contributed by atoms with E-state index in [9.17, 15) is 25.2 Å². The van der Waals surface area contributed by atoms with Crippen LogP contribution in [-0.4, -0.2) is 65.4 Å². The number of aliphatic hydroxyl groups excluding tert-OH is 1. The standard InChI is InChI=1S/C37H44N2O7S2/c1-38-19-22-14-25(16-29(43)15-22)37(39-2)46-30-11-10-28(42)20-47-48-21-33-31(12-6-23-4-8-27(41)18-32(23)33)35-24(5-9-26(40)17-30)7-13-34(44)36(35)45-3/h4,6-8,12-16,18,28,30,37-39,41-44H,5,9-11,17,19-21H2,1-3H3/t28-,30-,37-/m0/s1. The molecule has 3 atom stereocenters. The van der Waals surface area contributed by atoms with E-state index in [0.29, 0.717) is 48.6 Å². The van der Waals surface area contributed by atoms with Gasteiger partial charge in [-0.2, -0.15) is 0 Å². The smallest absolute Gasteiger partial charge is 0.168 e. The molecular formula is C37H44N2O7S2. The third-order valence-electron chi connectivity index (χ3n) is 8.59. The van der Waals surface area contributed by atoms with Crippen LogP contribution in [0.2, 0.25) is 0 Å². The van der Waals surface area contributed by atoms with Crippen molar-refractivity contribution in [2.24, 2.45) is 0 Å². The number of nitrogens with one attached hydrogen (secondary N) is 2. The predicted octanol–water partition coefficient (Wildman–Crippen LogP) is 6.58. The maximum atomic E-state index is 13.6. The quantitative estimate of drug-likeness (QED) is 0.0924. The van der Waals surface area contributed by atoms with Crippen LogP contribution in [-0.2, 0) is 28.2 Å². The molecule has 6 N–H and O–H groups in total. The average molecular weight is 693 g/mol. The molecule has 256 valence electrons. The molecule has 0 aliphatic carbocycles. The van der Waals surface area contributed by atoms with E-state index < -0.39 is 18.4 Å². The number of carbonyl (C=O) groups excluding carboxylic acids is 1. The van der Waals surface area contributed by atoms with E-state index in [1.807, 2.05) is 37.4 Å². The van der Waals surface area contributed by atoms with Crippen LogP contribution in [0.3, 0.4) is 0 Å². The van der Waals surface area contributed by atoms with Crippen molar-refractivity contribution in [1.29, 1.82) is 0 Å². The number of hydrogen-bond acceptors (Lipinski definition) is 11. The summed E-state index contributed by atoms with van der Waals surface area (Å²) < 4.78 is 12.2. The molecule has 4 aromatic rings. The highest BCUT2D eigenvalue weighted by atomic mass is 33.1. The number of Topliss-reactive ketones (excluding diaryl/α,β-unsaturated/α-hetero) is 1. The fourth-order valence-electron chi connectivity index (χ4n) is 6.28. The van der Waals surface area contributed by atoms with E-state index in [2.05, 4.69) is 10.6 Å². The summed E-state index contributed by atoms with van der Waals surface area (Å²) in [6, 6.07) is 18.0. The first kappa shape index (κ1) is 35.8. The van der Waals surface area contributed by atoms with Gasteiger partial charge in [-0.3, -0.25) is 10.1 Å². The molecule has 48 heavy (non-hydrogen) atoms. The number of hydrogen-bond donors (Lipinski definition) is 6. The Hall–Kier alpha value is -3.45. The maximum absolute atomic E-state index is 13.6. The lowest BCUT2D eigenvalue weighted by atomic mass is 9.89. The number of aromatic hydroxyl groups is 3. The summed E-state index contributed by atoms with van der Waals surface area (Å²) in [6.07, 6.45) is 0.0793. The number of aliphatic hydroxyl groups is 1. The number of ketones is 1. The Morgan fingerprint density at radius 2 is 1.75 bits per heavy atom. The van der Waals surface area contributed by atoms with Crippen molar-refractivity contribution in [3.05, 3.63) is 82.9 Å². The van der Waals surface area contributed by atoms with Gasteiger partial charge in [0.15, 0.2) is 11.5 Å². The summed E-state index contributed by atoms with van der Waals surface area (Å²) in [5.41, 5.74) is 5.05. The average Bonchev–Trinajstić information content (AvgIpc) is 3.06. The monoisotopic (exact) mass is 692 g/mol. The molecule has 0 unspecified atom stereocenters. The fraction of sp³-hybridized carbons (Fsp3) is 0.378. The summed E-state index contributed by atoms with van der Waals surface area (Å²) in [6.45, 7) is 0.578. The molecule has 1 aliphatic heterocycles. The van der Waals surface area contributed by atoms with Gasteiger partial charge in [0, 0.05) is 36.5 Å². The summed E-state index contributed by atoms with van der Waals surface area (Å²) in [7, 11) is 8.31. The van der Waals surface area contributed by atoms with Crippen LogP contribution < -0.4 is 15.4 Å². The highest BCUT2D eigenvalue weighted by Crippen LogP contribution is 2.45. The molecule has 0 bridgehead atoms. The molecule has 1 heterocycles. The molecule has 0 aromatic heterocycles. The Morgan fingerprint density at radius 3 is 2.52 bits per heavy atom. The Balaban J connectivity index is 1.48. The van der Waals surface area contributed by atoms with Crippen molar-refractivity contribution in [3.8, 4) is 34.1 Å². The number of benzene rings is 4. The molecule has 0 saturated carbocycles. The zero-order valence-electron chi connectivity index (χ0n) is 27.5. The topological polar surface area (TPSA) is 141 Å².